The van der Waals surface area contributed by atoms with Crippen molar-refractivity contribution in [1.29, 1.82) is 0 Å². The van der Waals surface area contributed by atoms with Crippen LogP contribution in [-0.4, -0.2) is 59.0 Å². The van der Waals surface area contributed by atoms with Crippen molar-refractivity contribution in [2.75, 3.05) is 26.2 Å². The average molecular weight is 330 g/mol. The standard InChI is InChI=1S/C19H26N2O3/c1-14-4-2-10-20(14)12-13-21-11-3-5-17(18(21)22)15-6-8-16(9-7-15)19(23)24/h6-9,14,17H,2-5,10-13H2,1H3,(H,23,24)/t14-,17?/m0/s1. The number of carbonyl (C=O) groups excluding carboxylic acids is 1. The van der Waals surface area contributed by atoms with E-state index in [0.29, 0.717) is 6.04 Å². The number of amides is 1. The Morgan fingerprint density at radius 1 is 1.12 bits per heavy atom. The van der Waals surface area contributed by atoms with Crippen LogP contribution in [0.4, 0.5) is 0 Å². The molecular weight excluding hydrogens is 304 g/mol. The summed E-state index contributed by atoms with van der Waals surface area (Å²) in [5.41, 5.74) is 1.20. The third kappa shape index (κ3) is 3.61. The zero-order valence-corrected chi connectivity index (χ0v) is 14.3. The van der Waals surface area contributed by atoms with E-state index in [2.05, 4.69) is 11.8 Å². The number of hydrogen-bond donors (Lipinski definition) is 1. The number of carboxylic acids is 1. The lowest BCUT2D eigenvalue weighted by Crippen LogP contribution is -2.44. The van der Waals surface area contributed by atoms with Crippen molar-refractivity contribution in [2.24, 2.45) is 0 Å². The van der Waals surface area contributed by atoms with E-state index in [1.165, 1.54) is 12.8 Å². The fourth-order valence-corrected chi connectivity index (χ4v) is 3.90. The van der Waals surface area contributed by atoms with Gasteiger partial charge in [-0.1, -0.05) is 12.1 Å². The van der Waals surface area contributed by atoms with Gasteiger partial charge >= 0.3 is 5.97 Å². The first-order chi connectivity index (χ1) is 11.6. The van der Waals surface area contributed by atoms with Gasteiger partial charge in [0.15, 0.2) is 0 Å². The lowest BCUT2D eigenvalue weighted by molar-refractivity contribution is -0.135. The minimum absolute atomic E-state index is 0.127. The van der Waals surface area contributed by atoms with Crippen LogP contribution in [0.3, 0.4) is 0 Å². The smallest absolute Gasteiger partial charge is 0.335 e. The van der Waals surface area contributed by atoms with E-state index in [9.17, 15) is 9.59 Å². The summed E-state index contributed by atoms with van der Waals surface area (Å²) in [6.45, 7) is 6.00. The molecule has 24 heavy (non-hydrogen) atoms. The molecule has 2 aliphatic rings. The summed E-state index contributed by atoms with van der Waals surface area (Å²) in [7, 11) is 0. The summed E-state index contributed by atoms with van der Waals surface area (Å²) < 4.78 is 0. The summed E-state index contributed by atoms with van der Waals surface area (Å²) in [5, 5.41) is 9.00. The quantitative estimate of drug-likeness (QED) is 0.901. The zero-order chi connectivity index (χ0) is 17.1. The number of likely N-dealkylation sites (tertiary alicyclic amines) is 2. The molecule has 0 radical (unpaired) electrons. The van der Waals surface area contributed by atoms with Crippen LogP contribution in [0.25, 0.3) is 0 Å². The van der Waals surface area contributed by atoms with E-state index < -0.39 is 5.97 Å². The summed E-state index contributed by atoms with van der Waals surface area (Å²) in [6.07, 6.45) is 4.37. The summed E-state index contributed by atoms with van der Waals surface area (Å²) >= 11 is 0. The van der Waals surface area contributed by atoms with Crippen LogP contribution >= 0.6 is 0 Å². The van der Waals surface area contributed by atoms with Crippen molar-refractivity contribution >= 4 is 11.9 Å². The van der Waals surface area contributed by atoms with Crippen LogP contribution in [0.5, 0.6) is 0 Å². The highest BCUT2D eigenvalue weighted by Gasteiger charge is 2.30. The maximum atomic E-state index is 12.8. The molecule has 1 aromatic rings. The highest BCUT2D eigenvalue weighted by atomic mass is 16.4. The molecule has 1 aromatic carbocycles. The van der Waals surface area contributed by atoms with Gasteiger partial charge in [0.25, 0.3) is 0 Å². The number of benzene rings is 1. The Morgan fingerprint density at radius 3 is 2.46 bits per heavy atom. The average Bonchev–Trinajstić information content (AvgIpc) is 2.99. The summed E-state index contributed by atoms with van der Waals surface area (Å²) in [6, 6.07) is 7.39. The van der Waals surface area contributed by atoms with Crippen LogP contribution in [0.1, 0.15) is 54.4 Å². The molecule has 2 saturated heterocycles. The van der Waals surface area contributed by atoms with Crippen molar-refractivity contribution in [1.82, 2.24) is 9.80 Å². The number of rotatable bonds is 5. The minimum atomic E-state index is -0.933. The fourth-order valence-electron chi connectivity index (χ4n) is 3.90. The molecule has 0 aromatic heterocycles. The highest BCUT2D eigenvalue weighted by Crippen LogP contribution is 2.28. The van der Waals surface area contributed by atoms with Gasteiger partial charge in [-0.25, -0.2) is 4.79 Å². The fraction of sp³-hybridized carbons (Fsp3) is 0.579. The van der Waals surface area contributed by atoms with E-state index >= 15 is 0 Å². The SMILES string of the molecule is C[C@H]1CCCN1CCN1CCCC(c2ccc(C(=O)O)cc2)C1=O. The van der Waals surface area contributed by atoms with Crippen LogP contribution in [0.2, 0.25) is 0 Å². The van der Waals surface area contributed by atoms with Gasteiger partial charge in [0.2, 0.25) is 5.91 Å². The molecule has 2 aliphatic heterocycles. The first-order valence-corrected chi connectivity index (χ1v) is 8.92. The molecule has 0 aliphatic carbocycles. The molecule has 3 rings (SSSR count). The maximum Gasteiger partial charge on any atom is 0.335 e. The lowest BCUT2D eigenvalue weighted by atomic mass is 9.89. The lowest BCUT2D eigenvalue weighted by Gasteiger charge is -2.34. The third-order valence-electron chi connectivity index (χ3n) is 5.44. The molecule has 1 N–H and O–H groups in total. The molecule has 5 heteroatoms. The molecule has 0 bridgehead atoms. The predicted molar refractivity (Wildman–Crippen MR) is 92.2 cm³/mol. The van der Waals surface area contributed by atoms with E-state index in [0.717, 1.165) is 44.6 Å². The molecule has 0 spiro atoms. The Bertz CT molecular complexity index is 599. The van der Waals surface area contributed by atoms with Gasteiger partial charge in [-0.05, 0) is 56.8 Å². The van der Waals surface area contributed by atoms with Crippen molar-refractivity contribution < 1.29 is 14.7 Å². The van der Waals surface area contributed by atoms with Gasteiger partial charge in [-0.2, -0.15) is 0 Å². The molecule has 1 unspecified atom stereocenters. The normalized spacial score (nSPS) is 25.2. The maximum absolute atomic E-state index is 12.8. The monoisotopic (exact) mass is 330 g/mol. The topological polar surface area (TPSA) is 60.9 Å². The molecule has 1 amide bonds. The van der Waals surface area contributed by atoms with Gasteiger partial charge < -0.3 is 10.0 Å². The van der Waals surface area contributed by atoms with Gasteiger partial charge in [-0.3, -0.25) is 9.69 Å². The Hall–Kier alpha value is -1.88. The van der Waals surface area contributed by atoms with Gasteiger partial charge in [-0.15, -0.1) is 0 Å². The van der Waals surface area contributed by atoms with Crippen LogP contribution < -0.4 is 0 Å². The number of piperidine rings is 1. The number of hydrogen-bond acceptors (Lipinski definition) is 3. The third-order valence-corrected chi connectivity index (χ3v) is 5.44. The van der Waals surface area contributed by atoms with Gasteiger partial charge in [0, 0.05) is 25.7 Å². The molecule has 2 atom stereocenters. The molecule has 2 fully saturated rings. The van der Waals surface area contributed by atoms with Crippen molar-refractivity contribution in [3.05, 3.63) is 35.4 Å². The first-order valence-electron chi connectivity index (χ1n) is 8.92. The van der Waals surface area contributed by atoms with Crippen molar-refractivity contribution in [2.45, 2.75) is 44.6 Å². The Morgan fingerprint density at radius 2 is 1.83 bits per heavy atom. The Kier molecular flexibility index (Phi) is 5.19. The largest absolute Gasteiger partial charge is 0.478 e. The van der Waals surface area contributed by atoms with E-state index in [1.807, 2.05) is 4.90 Å². The first kappa shape index (κ1) is 17.0. The molecular formula is C19H26N2O3. The van der Waals surface area contributed by atoms with E-state index in [1.54, 1.807) is 24.3 Å². The van der Waals surface area contributed by atoms with Gasteiger partial charge in [0.05, 0.1) is 11.5 Å². The molecule has 130 valence electrons. The second kappa shape index (κ2) is 7.34. The number of aromatic carboxylic acids is 1. The van der Waals surface area contributed by atoms with Crippen LogP contribution in [-0.2, 0) is 4.79 Å². The zero-order valence-electron chi connectivity index (χ0n) is 14.3. The molecule has 2 heterocycles. The van der Waals surface area contributed by atoms with E-state index in [4.69, 9.17) is 5.11 Å². The molecule has 5 nitrogen and oxygen atoms in total. The predicted octanol–water partition coefficient (Wildman–Crippen LogP) is 2.58. The summed E-state index contributed by atoms with van der Waals surface area (Å²) in [5.74, 6) is -0.869. The van der Waals surface area contributed by atoms with Crippen LogP contribution in [0.15, 0.2) is 24.3 Å². The minimum Gasteiger partial charge on any atom is -0.478 e. The number of nitrogens with zero attached hydrogens (tertiary/aromatic N) is 2. The number of carbonyl (C=O) groups is 2. The second-order valence-electron chi connectivity index (χ2n) is 6.97. The van der Waals surface area contributed by atoms with Crippen LogP contribution in [0, 0.1) is 0 Å². The molecule has 0 saturated carbocycles. The summed E-state index contributed by atoms with van der Waals surface area (Å²) in [4.78, 5) is 28.2. The second-order valence-corrected chi connectivity index (χ2v) is 6.97. The number of carboxylic acid groups (broad SMARTS) is 1. The van der Waals surface area contributed by atoms with Crippen molar-refractivity contribution in [3.8, 4) is 0 Å². The van der Waals surface area contributed by atoms with E-state index in [-0.39, 0.29) is 17.4 Å². The van der Waals surface area contributed by atoms with Crippen molar-refractivity contribution in [3.63, 3.8) is 0 Å². The Labute approximate surface area is 143 Å². The Balaban J connectivity index is 1.62. The highest BCUT2D eigenvalue weighted by molar-refractivity contribution is 5.88. The van der Waals surface area contributed by atoms with Gasteiger partial charge in [0.1, 0.15) is 0 Å².